The number of benzene rings is 1. The number of piperidine rings is 1. The minimum Gasteiger partial charge on any atom is -0.376 e. The monoisotopic (exact) mass is 553 g/mol. The number of aliphatic imine (C=N–C) groups is 1. The van der Waals surface area contributed by atoms with Gasteiger partial charge in [-0.15, -0.1) is 24.0 Å². The third kappa shape index (κ3) is 6.93. The van der Waals surface area contributed by atoms with Gasteiger partial charge in [0.1, 0.15) is 5.82 Å². The minimum absolute atomic E-state index is 0. The van der Waals surface area contributed by atoms with Crippen molar-refractivity contribution in [2.45, 2.75) is 57.2 Å². The predicted molar refractivity (Wildman–Crippen MR) is 131 cm³/mol. The summed E-state index contributed by atoms with van der Waals surface area (Å²) in [5, 5.41) is 3.93. The van der Waals surface area contributed by atoms with Crippen molar-refractivity contribution >= 4 is 41.5 Å². The smallest absolute Gasteiger partial charge is 0.193 e. The Hall–Kier alpha value is -0.640. The molecule has 0 saturated carbocycles. The van der Waals surface area contributed by atoms with Gasteiger partial charge in [-0.3, -0.25) is 4.99 Å². The summed E-state index contributed by atoms with van der Waals surface area (Å²) in [4.78, 5) is 6.73. The van der Waals surface area contributed by atoms with Crippen molar-refractivity contribution in [3.8, 4) is 0 Å². The molecule has 2 aliphatic rings. The fourth-order valence-corrected chi connectivity index (χ4v) is 4.44. The Morgan fingerprint density at radius 2 is 2.07 bits per heavy atom. The lowest BCUT2D eigenvalue weighted by Crippen LogP contribution is -2.49. The van der Waals surface area contributed by atoms with E-state index in [0.29, 0.717) is 24.3 Å². The summed E-state index contributed by atoms with van der Waals surface area (Å²) in [7, 11) is 1.81. The molecule has 2 saturated heterocycles. The second kappa shape index (κ2) is 11.8. The van der Waals surface area contributed by atoms with E-state index in [1.165, 1.54) is 12.1 Å². The zero-order valence-corrected chi connectivity index (χ0v) is 21.2. The van der Waals surface area contributed by atoms with Crippen LogP contribution in [0.4, 0.5) is 4.39 Å². The van der Waals surface area contributed by atoms with Gasteiger partial charge in [0.05, 0.1) is 18.8 Å². The number of likely N-dealkylation sites (tertiary alicyclic amines) is 1. The maximum atomic E-state index is 13.4. The molecule has 2 fully saturated rings. The van der Waals surface area contributed by atoms with Crippen LogP contribution in [0.1, 0.15) is 45.1 Å². The van der Waals surface area contributed by atoms with E-state index in [0.717, 1.165) is 56.9 Å². The van der Waals surface area contributed by atoms with Gasteiger partial charge >= 0.3 is 0 Å². The molecule has 2 heterocycles. The van der Waals surface area contributed by atoms with Crippen molar-refractivity contribution in [2.24, 2.45) is 4.99 Å². The van der Waals surface area contributed by atoms with E-state index in [1.54, 1.807) is 13.1 Å². The van der Waals surface area contributed by atoms with E-state index >= 15 is 0 Å². The van der Waals surface area contributed by atoms with E-state index in [4.69, 9.17) is 21.1 Å². The van der Waals surface area contributed by atoms with Crippen molar-refractivity contribution in [3.05, 3.63) is 34.6 Å². The standard InChI is InChI=1S/C22H33ClFN3O2.HI/c1-22(2,19-7-6-16(24)13-20(19)23)15-26-21(25-3)27-10-8-17(9-11-27)29-14-18-5-4-12-28-18;/h6-7,13,17-18H,4-5,8-12,14-15H2,1-3H3,(H,25,26);1H. The second-order valence-corrected chi connectivity index (χ2v) is 8.97. The second-order valence-electron chi connectivity index (χ2n) is 8.56. The number of hydrogen-bond donors (Lipinski definition) is 1. The molecular formula is C22H34ClFIN3O2. The highest BCUT2D eigenvalue weighted by molar-refractivity contribution is 14.0. The largest absolute Gasteiger partial charge is 0.376 e. The lowest BCUT2D eigenvalue weighted by molar-refractivity contribution is -0.0367. The Balaban J connectivity index is 0.00000320. The Morgan fingerprint density at radius 3 is 2.67 bits per heavy atom. The van der Waals surface area contributed by atoms with E-state index in [1.807, 2.05) is 0 Å². The quantitative estimate of drug-likeness (QED) is 0.318. The SMILES string of the molecule is CN=C(NCC(C)(C)c1ccc(F)cc1Cl)N1CCC(OCC2CCCO2)CC1.I. The molecule has 0 aliphatic carbocycles. The lowest BCUT2D eigenvalue weighted by atomic mass is 9.84. The summed E-state index contributed by atoms with van der Waals surface area (Å²) in [5.41, 5.74) is 0.661. The number of rotatable bonds is 6. The molecule has 30 heavy (non-hydrogen) atoms. The highest BCUT2D eigenvalue weighted by Gasteiger charge is 2.27. The van der Waals surface area contributed by atoms with Crippen LogP contribution in [0.5, 0.6) is 0 Å². The molecule has 5 nitrogen and oxygen atoms in total. The van der Waals surface area contributed by atoms with Crippen LogP contribution in [0.25, 0.3) is 0 Å². The molecule has 0 bridgehead atoms. The van der Waals surface area contributed by atoms with E-state index in [9.17, 15) is 4.39 Å². The zero-order valence-electron chi connectivity index (χ0n) is 18.1. The molecule has 2 aliphatic heterocycles. The zero-order chi connectivity index (χ0) is 20.9. The third-order valence-corrected chi connectivity index (χ3v) is 6.16. The van der Waals surface area contributed by atoms with Crippen LogP contribution in [0.3, 0.4) is 0 Å². The average molecular weight is 554 g/mol. The van der Waals surface area contributed by atoms with Gasteiger partial charge in [0.2, 0.25) is 0 Å². The molecule has 1 aromatic carbocycles. The van der Waals surface area contributed by atoms with Gasteiger partial charge < -0.3 is 19.7 Å². The Morgan fingerprint density at radius 1 is 1.33 bits per heavy atom. The van der Waals surface area contributed by atoms with Crippen molar-refractivity contribution < 1.29 is 13.9 Å². The first-order chi connectivity index (χ1) is 13.9. The molecule has 1 aromatic rings. The van der Waals surface area contributed by atoms with Crippen LogP contribution in [-0.4, -0.2) is 63.0 Å². The molecule has 1 atom stereocenters. The summed E-state index contributed by atoms with van der Waals surface area (Å²) in [6.07, 6.45) is 4.81. The number of halogens is 3. The molecular weight excluding hydrogens is 520 g/mol. The number of hydrogen-bond acceptors (Lipinski definition) is 3. The third-order valence-electron chi connectivity index (χ3n) is 5.84. The van der Waals surface area contributed by atoms with Crippen molar-refractivity contribution in [1.82, 2.24) is 10.2 Å². The molecule has 3 rings (SSSR count). The molecule has 1 N–H and O–H groups in total. The van der Waals surface area contributed by atoms with Crippen molar-refractivity contribution in [2.75, 3.05) is 39.9 Å². The maximum Gasteiger partial charge on any atom is 0.193 e. The van der Waals surface area contributed by atoms with Gasteiger partial charge in [-0.2, -0.15) is 0 Å². The highest BCUT2D eigenvalue weighted by Crippen LogP contribution is 2.30. The fourth-order valence-electron chi connectivity index (χ4n) is 4.02. The summed E-state index contributed by atoms with van der Waals surface area (Å²) in [5.74, 6) is 0.566. The van der Waals surface area contributed by atoms with E-state index < -0.39 is 0 Å². The van der Waals surface area contributed by atoms with Crippen LogP contribution < -0.4 is 5.32 Å². The fraction of sp³-hybridized carbons (Fsp3) is 0.682. The summed E-state index contributed by atoms with van der Waals surface area (Å²) in [6.45, 7) is 8.25. The molecule has 8 heteroatoms. The molecule has 0 radical (unpaired) electrons. The molecule has 0 aromatic heterocycles. The first kappa shape index (κ1) is 25.6. The summed E-state index contributed by atoms with van der Waals surface area (Å²) in [6, 6.07) is 4.59. The molecule has 170 valence electrons. The van der Waals surface area contributed by atoms with Crippen LogP contribution in [0, 0.1) is 5.82 Å². The Kier molecular flexibility index (Phi) is 10.1. The average Bonchev–Trinajstić information content (AvgIpc) is 3.21. The first-order valence-electron chi connectivity index (χ1n) is 10.5. The van der Waals surface area contributed by atoms with Crippen molar-refractivity contribution in [3.63, 3.8) is 0 Å². The number of ether oxygens (including phenoxy) is 2. The van der Waals surface area contributed by atoms with Gasteiger partial charge in [-0.05, 0) is 43.4 Å². The lowest BCUT2D eigenvalue weighted by Gasteiger charge is -2.36. The van der Waals surface area contributed by atoms with Crippen LogP contribution in [0.2, 0.25) is 5.02 Å². The Bertz CT molecular complexity index is 706. The molecule has 0 spiro atoms. The van der Waals surface area contributed by atoms with Gasteiger partial charge in [-0.1, -0.05) is 31.5 Å². The van der Waals surface area contributed by atoms with E-state index in [-0.39, 0.29) is 41.3 Å². The predicted octanol–water partition coefficient (Wildman–Crippen LogP) is 4.61. The first-order valence-corrected chi connectivity index (χ1v) is 10.9. The summed E-state index contributed by atoms with van der Waals surface area (Å²) >= 11 is 6.27. The van der Waals surface area contributed by atoms with Crippen LogP contribution in [0.15, 0.2) is 23.2 Å². The number of nitrogens with zero attached hydrogens (tertiary/aromatic N) is 2. The molecule has 1 unspecified atom stereocenters. The van der Waals surface area contributed by atoms with Crippen LogP contribution >= 0.6 is 35.6 Å². The minimum atomic E-state index is -0.317. The van der Waals surface area contributed by atoms with Crippen molar-refractivity contribution in [1.29, 1.82) is 0 Å². The van der Waals surface area contributed by atoms with Gasteiger partial charge in [0.25, 0.3) is 0 Å². The van der Waals surface area contributed by atoms with Gasteiger partial charge in [-0.25, -0.2) is 4.39 Å². The summed E-state index contributed by atoms with van der Waals surface area (Å²) < 4.78 is 25.1. The normalized spacial score (nSPS) is 20.9. The number of guanidine groups is 1. The highest BCUT2D eigenvalue weighted by atomic mass is 127. The maximum absolute atomic E-state index is 13.4. The number of nitrogens with one attached hydrogen (secondary N) is 1. The van der Waals surface area contributed by atoms with E-state index in [2.05, 4.69) is 29.1 Å². The topological polar surface area (TPSA) is 46.1 Å². The van der Waals surface area contributed by atoms with Gasteiger partial charge in [0, 0.05) is 43.7 Å². The van der Waals surface area contributed by atoms with Crippen LogP contribution in [-0.2, 0) is 14.9 Å². The Labute approximate surface area is 201 Å². The van der Waals surface area contributed by atoms with Gasteiger partial charge in [0.15, 0.2) is 5.96 Å². The molecule has 0 amide bonds.